The molecule has 2 aromatic carbocycles. The zero-order valence-electron chi connectivity index (χ0n) is 18.7. The summed E-state index contributed by atoms with van der Waals surface area (Å²) in [5.74, 6) is -0.467. The second-order valence-electron chi connectivity index (χ2n) is 7.39. The van der Waals surface area contributed by atoms with Crippen LogP contribution in [0.3, 0.4) is 0 Å². The van der Waals surface area contributed by atoms with Crippen molar-refractivity contribution in [1.29, 1.82) is 0 Å². The molecular formula is C25H25ClN2O5. The van der Waals surface area contributed by atoms with E-state index in [2.05, 4.69) is 11.9 Å². The third-order valence-corrected chi connectivity index (χ3v) is 5.49. The van der Waals surface area contributed by atoms with Gasteiger partial charge in [-0.25, -0.2) is 9.69 Å². The number of allylic oxidation sites excluding steroid dienone is 1. The highest BCUT2D eigenvalue weighted by molar-refractivity contribution is 6.40. The van der Waals surface area contributed by atoms with Gasteiger partial charge in [0.15, 0.2) is 11.5 Å². The fourth-order valence-corrected chi connectivity index (χ4v) is 3.64. The van der Waals surface area contributed by atoms with E-state index in [1.54, 1.807) is 43.3 Å². The fourth-order valence-electron chi connectivity index (χ4n) is 3.47. The lowest BCUT2D eigenvalue weighted by Crippen LogP contribution is -2.54. The quantitative estimate of drug-likeness (QED) is 0.340. The van der Waals surface area contributed by atoms with Gasteiger partial charge in [-0.05, 0) is 61.2 Å². The first-order valence-corrected chi connectivity index (χ1v) is 10.8. The predicted molar refractivity (Wildman–Crippen MR) is 128 cm³/mol. The van der Waals surface area contributed by atoms with E-state index < -0.39 is 17.8 Å². The third-order valence-electron chi connectivity index (χ3n) is 5.08. The van der Waals surface area contributed by atoms with E-state index in [1.807, 2.05) is 6.92 Å². The number of urea groups is 1. The number of halogens is 1. The maximum Gasteiger partial charge on any atom is 0.335 e. The van der Waals surface area contributed by atoms with Crippen LogP contribution < -0.4 is 19.7 Å². The van der Waals surface area contributed by atoms with Crippen molar-refractivity contribution in [1.82, 2.24) is 5.32 Å². The molecule has 8 heteroatoms. The molecule has 0 spiro atoms. The number of rotatable bonds is 8. The molecule has 3 rings (SSSR count). The largest absolute Gasteiger partial charge is 0.493 e. The average Bonchev–Trinajstić information content (AvgIpc) is 2.78. The first kappa shape index (κ1) is 24.1. The summed E-state index contributed by atoms with van der Waals surface area (Å²) in [5.41, 5.74) is 2.00. The lowest BCUT2D eigenvalue weighted by Gasteiger charge is -2.27. The van der Waals surface area contributed by atoms with E-state index in [1.165, 1.54) is 13.2 Å². The van der Waals surface area contributed by atoms with E-state index in [0.29, 0.717) is 46.4 Å². The summed E-state index contributed by atoms with van der Waals surface area (Å²) >= 11 is 6.17. The van der Waals surface area contributed by atoms with Gasteiger partial charge in [-0.15, -0.1) is 6.58 Å². The van der Waals surface area contributed by atoms with Crippen molar-refractivity contribution in [3.63, 3.8) is 0 Å². The van der Waals surface area contributed by atoms with Gasteiger partial charge in [0.25, 0.3) is 11.8 Å². The van der Waals surface area contributed by atoms with E-state index in [9.17, 15) is 14.4 Å². The van der Waals surface area contributed by atoms with Crippen molar-refractivity contribution in [3.8, 4) is 11.5 Å². The second-order valence-corrected chi connectivity index (χ2v) is 7.80. The summed E-state index contributed by atoms with van der Waals surface area (Å²) in [6.45, 7) is 7.99. The molecule has 2 aromatic rings. The number of hydrogen-bond acceptors (Lipinski definition) is 5. The Morgan fingerprint density at radius 3 is 2.64 bits per heavy atom. The average molecular weight is 469 g/mol. The maximum absolute atomic E-state index is 13.2. The minimum absolute atomic E-state index is 0.192. The summed E-state index contributed by atoms with van der Waals surface area (Å²) in [6, 6.07) is 7.53. The van der Waals surface area contributed by atoms with E-state index in [0.717, 1.165) is 16.9 Å². The van der Waals surface area contributed by atoms with Crippen LogP contribution in [0.1, 0.15) is 30.0 Å². The number of benzene rings is 2. The summed E-state index contributed by atoms with van der Waals surface area (Å²) in [6.07, 6.45) is 4.48. The van der Waals surface area contributed by atoms with Crippen LogP contribution in [0.4, 0.5) is 10.5 Å². The van der Waals surface area contributed by atoms with Crippen LogP contribution >= 0.6 is 11.6 Å². The molecule has 4 amide bonds. The van der Waals surface area contributed by atoms with E-state index in [-0.39, 0.29) is 5.57 Å². The van der Waals surface area contributed by atoms with Crippen molar-refractivity contribution < 1.29 is 23.9 Å². The molecule has 0 aliphatic carbocycles. The molecule has 0 atom stereocenters. The van der Waals surface area contributed by atoms with Gasteiger partial charge in [0.05, 0.1) is 19.4 Å². The van der Waals surface area contributed by atoms with Gasteiger partial charge in [-0.2, -0.15) is 0 Å². The number of nitrogens with one attached hydrogen (secondary N) is 1. The molecule has 1 saturated heterocycles. The van der Waals surface area contributed by atoms with Crippen LogP contribution in [0.2, 0.25) is 5.02 Å². The van der Waals surface area contributed by atoms with Gasteiger partial charge in [0.1, 0.15) is 5.57 Å². The Balaban J connectivity index is 2.08. The number of imide groups is 2. The number of carbonyl (C=O) groups excluding carboxylic acids is 3. The van der Waals surface area contributed by atoms with Crippen molar-refractivity contribution in [2.75, 3.05) is 18.6 Å². The number of amides is 4. The zero-order valence-corrected chi connectivity index (χ0v) is 19.5. The topological polar surface area (TPSA) is 84.9 Å². The summed E-state index contributed by atoms with van der Waals surface area (Å²) in [5, 5.41) is 2.63. The Morgan fingerprint density at radius 1 is 1.21 bits per heavy atom. The number of nitrogens with zero attached hydrogens (tertiary/aromatic N) is 1. The van der Waals surface area contributed by atoms with Gasteiger partial charge in [0.2, 0.25) is 0 Å². The number of carbonyl (C=O) groups is 3. The standard InChI is InChI=1S/C25H25ClN2O5/c1-5-8-17-12-16(14-21(32-4)22(17)33-11-6-2)13-18-23(29)27-25(31)28(24(18)30)20-10-7-9-19(26)15(20)3/h5,7,9-10,12-14H,1,6,8,11H2,2-4H3,(H,27,29,31)/b18-13+. The molecule has 0 aromatic heterocycles. The Hall–Kier alpha value is -3.58. The molecule has 1 heterocycles. The number of barbiturate groups is 1. The molecule has 0 unspecified atom stereocenters. The van der Waals surface area contributed by atoms with Crippen LogP contribution in [0.5, 0.6) is 11.5 Å². The van der Waals surface area contributed by atoms with Crippen molar-refractivity contribution >= 4 is 41.2 Å². The van der Waals surface area contributed by atoms with Crippen LogP contribution in [-0.4, -0.2) is 31.6 Å². The normalized spacial score (nSPS) is 15.0. The van der Waals surface area contributed by atoms with Crippen molar-refractivity contribution in [2.24, 2.45) is 0 Å². The Morgan fingerprint density at radius 2 is 1.97 bits per heavy atom. The maximum atomic E-state index is 13.2. The predicted octanol–water partition coefficient (Wildman–Crippen LogP) is 4.84. The van der Waals surface area contributed by atoms with E-state index >= 15 is 0 Å². The highest BCUT2D eigenvalue weighted by Gasteiger charge is 2.37. The summed E-state index contributed by atoms with van der Waals surface area (Å²) < 4.78 is 11.4. The molecule has 0 bridgehead atoms. The number of ether oxygens (including phenoxy) is 2. The molecular weight excluding hydrogens is 444 g/mol. The Kier molecular flexibility index (Phi) is 7.55. The highest BCUT2D eigenvalue weighted by atomic mass is 35.5. The third kappa shape index (κ3) is 4.93. The number of methoxy groups -OCH3 is 1. The monoisotopic (exact) mass is 468 g/mol. The lowest BCUT2D eigenvalue weighted by molar-refractivity contribution is -0.122. The van der Waals surface area contributed by atoms with E-state index in [4.69, 9.17) is 21.1 Å². The molecule has 7 nitrogen and oxygen atoms in total. The molecule has 0 saturated carbocycles. The lowest BCUT2D eigenvalue weighted by atomic mass is 10.0. The summed E-state index contributed by atoms with van der Waals surface area (Å²) in [7, 11) is 1.52. The molecule has 1 aliphatic heterocycles. The van der Waals surface area contributed by atoms with Crippen LogP contribution in [0.25, 0.3) is 6.08 Å². The van der Waals surface area contributed by atoms with Crippen molar-refractivity contribution in [2.45, 2.75) is 26.7 Å². The molecule has 33 heavy (non-hydrogen) atoms. The minimum Gasteiger partial charge on any atom is -0.493 e. The number of anilines is 1. The Bertz CT molecular complexity index is 1160. The summed E-state index contributed by atoms with van der Waals surface area (Å²) in [4.78, 5) is 39.3. The van der Waals surface area contributed by atoms with Gasteiger partial charge in [-0.1, -0.05) is 30.7 Å². The number of hydrogen-bond donors (Lipinski definition) is 1. The molecule has 1 N–H and O–H groups in total. The Labute approximate surface area is 197 Å². The first-order chi connectivity index (χ1) is 15.8. The molecule has 1 aliphatic rings. The van der Waals surface area contributed by atoms with Crippen LogP contribution in [0, 0.1) is 6.92 Å². The van der Waals surface area contributed by atoms with Gasteiger partial charge < -0.3 is 9.47 Å². The van der Waals surface area contributed by atoms with Crippen LogP contribution in [-0.2, 0) is 16.0 Å². The van der Waals surface area contributed by atoms with Crippen molar-refractivity contribution in [3.05, 3.63) is 70.3 Å². The molecule has 1 fully saturated rings. The van der Waals surface area contributed by atoms with Gasteiger partial charge in [-0.3, -0.25) is 14.9 Å². The second kappa shape index (κ2) is 10.4. The molecule has 0 radical (unpaired) electrons. The zero-order chi connectivity index (χ0) is 24.1. The van der Waals surface area contributed by atoms with Gasteiger partial charge in [0, 0.05) is 10.6 Å². The highest BCUT2D eigenvalue weighted by Crippen LogP contribution is 2.35. The minimum atomic E-state index is -0.833. The van der Waals surface area contributed by atoms with Gasteiger partial charge >= 0.3 is 6.03 Å². The molecule has 172 valence electrons. The SMILES string of the molecule is C=CCc1cc(/C=C2\C(=O)NC(=O)N(c3cccc(Cl)c3C)C2=O)cc(OC)c1OCCC. The smallest absolute Gasteiger partial charge is 0.335 e. The fraction of sp³-hybridized carbons (Fsp3) is 0.240. The first-order valence-electron chi connectivity index (χ1n) is 10.4. The van der Waals surface area contributed by atoms with Crippen LogP contribution in [0.15, 0.2) is 48.6 Å².